The Bertz CT molecular complexity index is 361. The Morgan fingerprint density at radius 2 is 2.13 bits per heavy atom. The van der Waals surface area contributed by atoms with Gasteiger partial charge in [0.2, 0.25) is 0 Å². The summed E-state index contributed by atoms with van der Waals surface area (Å²) in [6.45, 7) is 4.21. The molecule has 1 fully saturated rings. The summed E-state index contributed by atoms with van der Waals surface area (Å²) >= 11 is 0. The smallest absolute Gasteiger partial charge is 0.0479 e. The maximum absolute atomic E-state index is 5.20. The zero-order valence-corrected chi connectivity index (χ0v) is 8.66. The van der Waals surface area contributed by atoms with Gasteiger partial charge in [-0.05, 0) is 18.2 Å². The number of nitrogens with zero attached hydrogens (tertiary/aromatic N) is 1. The molecule has 1 aliphatic rings. The summed E-state index contributed by atoms with van der Waals surface area (Å²) in [6.07, 6.45) is 5.20. The molecule has 3 heteroatoms. The Balaban J connectivity index is 2.13. The second-order valence-electron chi connectivity index (χ2n) is 3.56. The van der Waals surface area contributed by atoms with Gasteiger partial charge in [0.25, 0.3) is 0 Å². The molecule has 0 aromatic heterocycles. The predicted octanol–water partition coefficient (Wildman–Crippen LogP) is 1.10. The molecule has 0 amide bonds. The van der Waals surface area contributed by atoms with Gasteiger partial charge in [0, 0.05) is 43.6 Å². The topological polar surface area (TPSA) is 27.3 Å². The van der Waals surface area contributed by atoms with Crippen LogP contribution in [0.25, 0.3) is 0 Å². The first-order valence-corrected chi connectivity index (χ1v) is 5.17. The fourth-order valence-electron chi connectivity index (χ4n) is 1.79. The van der Waals surface area contributed by atoms with Crippen molar-refractivity contribution in [2.45, 2.75) is 0 Å². The molecule has 0 radical (unpaired) electrons. The summed E-state index contributed by atoms with van der Waals surface area (Å²) in [4.78, 5) is 2.36. The average molecular weight is 201 g/mol. The molecular formula is C12H15N3. The van der Waals surface area contributed by atoms with Crippen molar-refractivity contribution in [3.63, 3.8) is 0 Å². The highest BCUT2D eigenvalue weighted by atomic mass is 15.2. The van der Waals surface area contributed by atoms with Gasteiger partial charge < -0.3 is 15.5 Å². The molecule has 2 rings (SSSR count). The third-order valence-corrected chi connectivity index (χ3v) is 2.54. The molecule has 1 aliphatic heterocycles. The van der Waals surface area contributed by atoms with Crippen LogP contribution in [0.3, 0.4) is 0 Å². The van der Waals surface area contributed by atoms with Crippen LogP contribution < -0.4 is 15.5 Å². The number of nitrogens with one attached hydrogen (secondary N) is 2. The van der Waals surface area contributed by atoms with Gasteiger partial charge in [0.05, 0.1) is 0 Å². The maximum atomic E-state index is 5.20. The first-order chi connectivity index (χ1) is 7.40. The number of rotatable bonds is 2. The van der Waals surface area contributed by atoms with Gasteiger partial charge in [-0.1, -0.05) is 12.5 Å². The summed E-state index contributed by atoms with van der Waals surface area (Å²) < 4.78 is 0. The summed E-state index contributed by atoms with van der Waals surface area (Å²) in [5.74, 6) is 0. The number of hydrogen-bond acceptors (Lipinski definition) is 3. The summed E-state index contributed by atoms with van der Waals surface area (Å²) in [7, 11) is 0. The summed E-state index contributed by atoms with van der Waals surface area (Å²) in [6, 6.07) is 10.6. The van der Waals surface area contributed by atoms with Crippen LogP contribution in [0, 0.1) is 12.5 Å². The van der Waals surface area contributed by atoms with E-state index in [1.165, 1.54) is 5.69 Å². The molecule has 0 unspecified atom stereocenters. The van der Waals surface area contributed by atoms with Crippen LogP contribution in [0.4, 0.5) is 11.4 Å². The molecule has 1 aromatic rings. The highest BCUT2D eigenvalue weighted by Gasteiger charge is 2.09. The first-order valence-electron chi connectivity index (χ1n) is 5.17. The number of terminal acetylenes is 1. The molecule has 15 heavy (non-hydrogen) atoms. The number of hydrogen-bond donors (Lipinski definition) is 2. The van der Waals surface area contributed by atoms with Gasteiger partial charge in [-0.15, -0.1) is 0 Å². The highest BCUT2D eigenvalue weighted by Crippen LogP contribution is 2.19. The second-order valence-corrected chi connectivity index (χ2v) is 3.56. The van der Waals surface area contributed by atoms with E-state index < -0.39 is 0 Å². The standard InChI is InChI=1S/C12H15N3/c1-2-14-11-4-3-5-12(10-11)15-8-6-13-7-9-15/h1,3-5,10,13-14H,6-9H2. The van der Waals surface area contributed by atoms with E-state index in [0.717, 1.165) is 31.9 Å². The fourth-order valence-corrected chi connectivity index (χ4v) is 1.79. The van der Waals surface area contributed by atoms with Crippen LogP contribution >= 0.6 is 0 Å². The van der Waals surface area contributed by atoms with E-state index in [2.05, 4.69) is 33.7 Å². The minimum Gasteiger partial charge on any atom is -0.369 e. The Labute approximate surface area is 90.5 Å². The molecule has 0 spiro atoms. The van der Waals surface area contributed by atoms with E-state index in [-0.39, 0.29) is 0 Å². The Morgan fingerprint density at radius 1 is 1.33 bits per heavy atom. The zero-order valence-electron chi connectivity index (χ0n) is 8.66. The van der Waals surface area contributed by atoms with Crippen LogP contribution in [0.5, 0.6) is 0 Å². The molecule has 78 valence electrons. The first kappa shape index (κ1) is 9.88. The van der Waals surface area contributed by atoms with Crippen LogP contribution in [-0.2, 0) is 0 Å². The lowest BCUT2D eigenvalue weighted by Crippen LogP contribution is -2.43. The van der Waals surface area contributed by atoms with Crippen molar-refractivity contribution in [3.8, 4) is 12.5 Å². The molecule has 0 aliphatic carbocycles. The van der Waals surface area contributed by atoms with E-state index in [4.69, 9.17) is 6.42 Å². The minimum absolute atomic E-state index is 0.980. The SMILES string of the molecule is C#CNc1cccc(N2CCNCC2)c1. The van der Waals surface area contributed by atoms with Crippen LogP contribution in [0.2, 0.25) is 0 Å². The van der Waals surface area contributed by atoms with Crippen molar-refractivity contribution in [1.82, 2.24) is 5.32 Å². The van der Waals surface area contributed by atoms with Crippen LogP contribution in [0.15, 0.2) is 24.3 Å². The third-order valence-electron chi connectivity index (χ3n) is 2.54. The van der Waals surface area contributed by atoms with Gasteiger partial charge in [-0.25, -0.2) is 0 Å². The Kier molecular flexibility index (Phi) is 3.11. The summed E-state index contributed by atoms with van der Waals surface area (Å²) in [5.41, 5.74) is 2.21. The van der Waals surface area contributed by atoms with Gasteiger partial charge >= 0.3 is 0 Å². The fraction of sp³-hybridized carbons (Fsp3) is 0.333. The van der Waals surface area contributed by atoms with E-state index in [1.54, 1.807) is 0 Å². The van der Waals surface area contributed by atoms with E-state index in [9.17, 15) is 0 Å². The van der Waals surface area contributed by atoms with Crippen molar-refractivity contribution < 1.29 is 0 Å². The number of benzene rings is 1. The van der Waals surface area contributed by atoms with Crippen molar-refractivity contribution in [1.29, 1.82) is 0 Å². The van der Waals surface area contributed by atoms with E-state index in [1.807, 2.05) is 12.1 Å². The molecule has 0 saturated carbocycles. The number of anilines is 2. The van der Waals surface area contributed by atoms with Crippen molar-refractivity contribution in [2.75, 3.05) is 36.4 Å². The van der Waals surface area contributed by atoms with Crippen molar-refractivity contribution in [2.24, 2.45) is 0 Å². The Morgan fingerprint density at radius 3 is 2.87 bits per heavy atom. The number of piperazine rings is 1. The molecular weight excluding hydrogens is 186 g/mol. The lowest BCUT2D eigenvalue weighted by atomic mass is 10.2. The van der Waals surface area contributed by atoms with Gasteiger partial charge in [-0.3, -0.25) is 0 Å². The van der Waals surface area contributed by atoms with Crippen LogP contribution in [-0.4, -0.2) is 26.2 Å². The highest BCUT2D eigenvalue weighted by molar-refractivity contribution is 5.59. The summed E-state index contributed by atoms with van der Waals surface area (Å²) in [5, 5.41) is 6.21. The van der Waals surface area contributed by atoms with E-state index in [0.29, 0.717) is 0 Å². The minimum atomic E-state index is 0.980. The average Bonchev–Trinajstić information content (AvgIpc) is 2.31. The molecule has 1 aromatic carbocycles. The van der Waals surface area contributed by atoms with Crippen molar-refractivity contribution in [3.05, 3.63) is 24.3 Å². The molecule has 0 atom stereocenters. The lowest BCUT2D eigenvalue weighted by molar-refractivity contribution is 0.589. The van der Waals surface area contributed by atoms with Crippen molar-refractivity contribution >= 4 is 11.4 Å². The monoisotopic (exact) mass is 201 g/mol. The predicted molar refractivity (Wildman–Crippen MR) is 64.0 cm³/mol. The molecule has 0 bridgehead atoms. The molecule has 2 N–H and O–H groups in total. The van der Waals surface area contributed by atoms with E-state index >= 15 is 0 Å². The zero-order chi connectivity index (χ0) is 10.5. The van der Waals surface area contributed by atoms with Gasteiger partial charge in [-0.2, -0.15) is 0 Å². The van der Waals surface area contributed by atoms with Gasteiger partial charge in [0.15, 0.2) is 0 Å². The second kappa shape index (κ2) is 4.72. The van der Waals surface area contributed by atoms with Gasteiger partial charge in [0.1, 0.15) is 0 Å². The molecule has 3 nitrogen and oxygen atoms in total. The third kappa shape index (κ3) is 2.42. The van der Waals surface area contributed by atoms with Crippen LogP contribution in [0.1, 0.15) is 0 Å². The normalized spacial score (nSPS) is 15.8. The maximum Gasteiger partial charge on any atom is 0.0479 e. The molecule has 1 saturated heterocycles. The Hall–Kier alpha value is -1.66. The largest absolute Gasteiger partial charge is 0.369 e. The quantitative estimate of drug-likeness (QED) is 0.554. The lowest BCUT2D eigenvalue weighted by Gasteiger charge is -2.29. The molecule has 1 heterocycles.